The molecule has 37 heavy (non-hydrogen) atoms. The summed E-state index contributed by atoms with van der Waals surface area (Å²) in [5, 5.41) is 0.543. The molecule has 1 atom stereocenters. The van der Waals surface area contributed by atoms with Gasteiger partial charge in [-0.25, -0.2) is 4.39 Å². The van der Waals surface area contributed by atoms with Crippen molar-refractivity contribution in [2.45, 2.75) is 58.0 Å². The molecule has 1 saturated heterocycles. The van der Waals surface area contributed by atoms with Gasteiger partial charge in [-0.05, 0) is 37.1 Å². The molecule has 2 aliphatic rings. The van der Waals surface area contributed by atoms with Gasteiger partial charge in [0.15, 0.2) is 11.2 Å². The Labute approximate surface area is 210 Å². The number of likely N-dealkylation sites (tertiary alicyclic amines) is 1. The molecule has 0 bridgehead atoms. The highest BCUT2D eigenvalue weighted by molar-refractivity contribution is 5.78. The normalized spacial score (nSPS) is 18.6. The van der Waals surface area contributed by atoms with E-state index in [0.717, 1.165) is 6.07 Å². The number of halogens is 4. The second-order valence-electron chi connectivity index (χ2n) is 9.60. The molecular weight excluding hydrogens is 490 g/mol. The van der Waals surface area contributed by atoms with E-state index in [0.29, 0.717) is 48.7 Å². The minimum atomic E-state index is -4.48. The monoisotopic (exact) mass is 517 g/mol. The zero-order valence-electron chi connectivity index (χ0n) is 20.8. The summed E-state index contributed by atoms with van der Waals surface area (Å²) in [7, 11) is 0. The minimum absolute atomic E-state index is 0.0929. The van der Waals surface area contributed by atoms with Crippen LogP contribution in [0.5, 0.6) is 6.01 Å². The number of fused-ring (bicyclic) bond motifs is 3. The molecule has 196 valence electrons. The zero-order chi connectivity index (χ0) is 26.5. The Balaban J connectivity index is 1.61. The lowest BCUT2D eigenvalue weighted by atomic mass is 9.89. The Morgan fingerprint density at radius 1 is 1.22 bits per heavy atom. The molecule has 1 fully saturated rings. The van der Waals surface area contributed by atoms with E-state index in [-0.39, 0.29) is 35.5 Å². The van der Waals surface area contributed by atoms with Gasteiger partial charge in [-0.2, -0.15) is 18.2 Å². The van der Waals surface area contributed by atoms with Gasteiger partial charge in [0.2, 0.25) is 5.91 Å². The van der Waals surface area contributed by atoms with Crippen LogP contribution in [0, 0.1) is 6.92 Å². The average Bonchev–Trinajstić information content (AvgIpc) is 3.32. The number of ether oxygens (including phenoxy) is 1. The van der Waals surface area contributed by atoms with Crippen LogP contribution in [-0.2, 0) is 23.2 Å². The smallest absolute Gasteiger partial charge is 0.416 e. The molecule has 0 saturated carbocycles. The lowest BCUT2D eigenvalue weighted by Gasteiger charge is -2.35. The van der Waals surface area contributed by atoms with Crippen molar-refractivity contribution in [1.29, 1.82) is 0 Å². The maximum atomic E-state index is 16.0. The van der Waals surface area contributed by atoms with E-state index in [2.05, 4.69) is 15.0 Å². The predicted molar refractivity (Wildman–Crippen MR) is 127 cm³/mol. The highest BCUT2D eigenvalue weighted by Crippen LogP contribution is 2.38. The van der Waals surface area contributed by atoms with Crippen LogP contribution >= 0.6 is 0 Å². The molecule has 2 aromatic heterocycles. The molecule has 1 unspecified atom stereocenters. The Morgan fingerprint density at radius 3 is 2.62 bits per heavy atom. The van der Waals surface area contributed by atoms with Crippen molar-refractivity contribution >= 4 is 16.8 Å². The predicted octanol–water partition coefficient (Wildman–Crippen LogP) is 4.62. The molecule has 1 aromatic carbocycles. The quantitative estimate of drug-likeness (QED) is 0.476. The number of nitrogens with zero attached hydrogens (tertiary/aromatic N) is 5. The molecule has 1 amide bonds. The van der Waals surface area contributed by atoms with Crippen molar-refractivity contribution in [3.05, 3.63) is 58.3 Å². The Morgan fingerprint density at radius 2 is 1.95 bits per heavy atom. The van der Waals surface area contributed by atoms with Gasteiger partial charge in [-0.15, -0.1) is 0 Å². The number of rotatable bonds is 3. The third-order valence-corrected chi connectivity index (χ3v) is 7.30. The largest absolute Gasteiger partial charge is 0.463 e. The van der Waals surface area contributed by atoms with Crippen molar-refractivity contribution in [2.24, 2.45) is 4.99 Å². The van der Waals surface area contributed by atoms with E-state index in [9.17, 15) is 18.0 Å². The summed E-state index contributed by atoms with van der Waals surface area (Å²) < 4.78 is 63.9. The molecular formula is C26H27F4N5O2. The first-order valence-electron chi connectivity index (χ1n) is 12.2. The summed E-state index contributed by atoms with van der Waals surface area (Å²) in [5.41, 5.74) is -0.773. The number of amides is 1. The maximum absolute atomic E-state index is 16.0. The van der Waals surface area contributed by atoms with Crippen LogP contribution in [0.25, 0.3) is 10.9 Å². The van der Waals surface area contributed by atoms with Crippen LogP contribution in [0.15, 0.2) is 35.5 Å². The first-order valence-corrected chi connectivity index (χ1v) is 12.2. The molecule has 0 radical (unpaired) electrons. The summed E-state index contributed by atoms with van der Waals surface area (Å²) >= 11 is 0. The summed E-state index contributed by atoms with van der Waals surface area (Å²) in [6.07, 6.45) is -2.67. The number of alkyl halides is 4. The van der Waals surface area contributed by atoms with Crippen LogP contribution in [0.1, 0.15) is 55.1 Å². The summed E-state index contributed by atoms with van der Waals surface area (Å²) in [6.45, 7) is 6.12. The molecule has 0 aliphatic carbocycles. The summed E-state index contributed by atoms with van der Waals surface area (Å²) in [4.78, 5) is 27.0. The number of aromatic nitrogens is 3. The van der Waals surface area contributed by atoms with Crippen LogP contribution in [0.3, 0.4) is 0 Å². The molecule has 3 aromatic rings. The Hall–Kier alpha value is -3.50. The molecule has 0 spiro atoms. The second kappa shape index (κ2) is 9.11. The fraction of sp³-hybridized carbons (Fsp3) is 0.462. The maximum Gasteiger partial charge on any atom is 0.416 e. The topological polar surface area (TPSA) is 72.6 Å². The number of hydrogen-bond acceptors (Lipinski definition) is 5. The molecule has 5 rings (SSSR count). The van der Waals surface area contributed by atoms with Crippen molar-refractivity contribution in [1.82, 2.24) is 19.4 Å². The van der Waals surface area contributed by atoms with Crippen molar-refractivity contribution in [2.75, 3.05) is 19.7 Å². The van der Waals surface area contributed by atoms with Crippen LogP contribution < -0.4 is 10.2 Å². The van der Waals surface area contributed by atoms with Gasteiger partial charge in [-0.1, -0.05) is 12.1 Å². The first kappa shape index (κ1) is 25.2. The highest BCUT2D eigenvalue weighted by atomic mass is 19.4. The molecule has 11 heteroatoms. The van der Waals surface area contributed by atoms with E-state index >= 15 is 4.39 Å². The first-order chi connectivity index (χ1) is 17.5. The van der Waals surface area contributed by atoms with E-state index < -0.39 is 23.5 Å². The van der Waals surface area contributed by atoms with Crippen LogP contribution in [0.2, 0.25) is 0 Å². The fourth-order valence-corrected chi connectivity index (χ4v) is 5.15. The van der Waals surface area contributed by atoms with Gasteiger partial charge in [-0.3, -0.25) is 19.3 Å². The SMILES string of the molecule is CC(=O)N1CCC(F)(c2cc3/c(=N/C(C)c4cccc(C(F)(F)F)c4C)nc4n(c3cn2)CCO4)CC1. The van der Waals surface area contributed by atoms with Gasteiger partial charge < -0.3 is 9.64 Å². The standard InChI is InChI=1S/C26H27F4N5O2/c1-15-18(5-4-6-20(15)26(28,29)30)16(2)32-23-19-13-22(25(27)7-9-34(10-8-25)17(3)36)31-14-21(19)35-11-12-37-24(35)33-23/h4-6,13-14,16H,7-12H2,1-3H3/b32-23-. The average molecular weight is 518 g/mol. The van der Waals surface area contributed by atoms with Crippen LogP contribution in [0.4, 0.5) is 17.6 Å². The van der Waals surface area contributed by atoms with E-state index in [1.807, 2.05) is 4.57 Å². The van der Waals surface area contributed by atoms with Gasteiger partial charge in [0.25, 0.3) is 6.01 Å². The summed E-state index contributed by atoms with van der Waals surface area (Å²) in [5.74, 6) is -0.0929. The van der Waals surface area contributed by atoms with Gasteiger partial charge in [0, 0.05) is 38.2 Å². The lowest BCUT2D eigenvalue weighted by molar-refractivity contribution is -0.138. The number of piperidine rings is 1. The molecule has 4 heterocycles. The second-order valence-corrected chi connectivity index (χ2v) is 9.60. The lowest BCUT2D eigenvalue weighted by Crippen LogP contribution is -2.42. The van der Waals surface area contributed by atoms with Gasteiger partial charge in [0.05, 0.1) is 35.6 Å². The summed E-state index contributed by atoms with van der Waals surface area (Å²) in [6, 6.07) is 5.34. The molecule has 2 aliphatic heterocycles. The number of hydrogen-bond donors (Lipinski definition) is 0. The van der Waals surface area contributed by atoms with Gasteiger partial charge >= 0.3 is 6.18 Å². The number of carbonyl (C=O) groups is 1. The number of carbonyl (C=O) groups excluding carboxylic acids is 1. The van der Waals surface area contributed by atoms with E-state index in [1.165, 1.54) is 19.9 Å². The van der Waals surface area contributed by atoms with E-state index in [4.69, 9.17) is 4.74 Å². The van der Waals surface area contributed by atoms with Gasteiger partial charge in [0.1, 0.15) is 6.61 Å². The Kier molecular flexibility index (Phi) is 6.19. The molecule has 0 N–H and O–H groups in total. The van der Waals surface area contributed by atoms with Crippen molar-refractivity contribution in [3.63, 3.8) is 0 Å². The van der Waals surface area contributed by atoms with Crippen LogP contribution in [-0.4, -0.2) is 45.0 Å². The highest BCUT2D eigenvalue weighted by Gasteiger charge is 2.39. The number of pyridine rings is 1. The third kappa shape index (κ3) is 4.55. The fourth-order valence-electron chi connectivity index (χ4n) is 5.15. The Bertz CT molecular complexity index is 1440. The van der Waals surface area contributed by atoms with Crippen molar-refractivity contribution in [3.8, 4) is 6.01 Å². The zero-order valence-corrected chi connectivity index (χ0v) is 20.8. The minimum Gasteiger partial charge on any atom is -0.463 e. The van der Waals surface area contributed by atoms with Crippen molar-refractivity contribution < 1.29 is 27.1 Å². The molecule has 7 nitrogen and oxygen atoms in total. The third-order valence-electron chi connectivity index (χ3n) is 7.30. The van der Waals surface area contributed by atoms with E-state index in [1.54, 1.807) is 30.2 Å². The number of benzene rings is 1.